The Bertz CT molecular complexity index is 6340. The summed E-state index contributed by atoms with van der Waals surface area (Å²) in [6.07, 6.45) is 22.0. The van der Waals surface area contributed by atoms with Crippen molar-refractivity contribution in [1.29, 1.82) is 0 Å². The zero-order valence-corrected chi connectivity index (χ0v) is 72.9. The van der Waals surface area contributed by atoms with Gasteiger partial charge in [-0.3, -0.25) is 4.90 Å². The van der Waals surface area contributed by atoms with E-state index in [1.54, 1.807) is 0 Å². The summed E-state index contributed by atoms with van der Waals surface area (Å²) in [6, 6.07) is 113. The van der Waals surface area contributed by atoms with E-state index in [0.29, 0.717) is 5.92 Å². The van der Waals surface area contributed by atoms with Gasteiger partial charge in [-0.15, -0.1) is 42.3 Å². The third-order valence-corrected chi connectivity index (χ3v) is 24.3. The van der Waals surface area contributed by atoms with Crippen LogP contribution in [0.3, 0.4) is 0 Å². The van der Waals surface area contributed by atoms with Crippen molar-refractivity contribution >= 4 is 40.4 Å². The first-order valence-electron chi connectivity index (χ1n) is 43.2. The van der Waals surface area contributed by atoms with Crippen molar-refractivity contribution in [3.05, 3.63) is 519 Å². The van der Waals surface area contributed by atoms with Crippen LogP contribution in [0, 0.1) is 108 Å². The van der Waals surface area contributed by atoms with Gasteiger partial charge in [0.1, 0.15) is 60.7 Å². The molecular weight excluding hydrogens is 1500 g/mol. The summed E-state index contributed by atoms with van der Waals surface area (Å²) < 4.78 is 11.4. The lowest BCUT2D eigenvalue weighted by Gasteiger charge is -2.29. The van der Waals surface area contributed by atoms with Gasteiger partial charge in [-0.05, 0) is 161 Å². The van der Waals surface area contributed by atoms with Crippen molar-refractivity contribution in [1.82, 2.24) is 4.90 Å². The summed E-state index contributed by atoms with van der Waals surface area (Å²) in [7, 11) is 0. The summed E-state index contributed by atoms with van der Waals surface area (Å²) in [4.78, 5) is 11.9. The molecule has 21 rings (SSSR count). The third kappa shape index (κ3) is 17.2. The zero-order valence-electron chi connectivity index (χ0n) is 72.9. The Labute approximate surface area is 728 Å². The van der Waals surface area contributed by atoms with Crippen LogP contribution in [-0.2, 0) is 19.6 Å². The number of allylic oxidation sites excluding steroid dienone is 4. The Morgan fingerprint density at radius 2 is 0.967 bits per heavy atom. The maximum atomic E-state index is 2.45. The van der Waals surface area contributed by atoms with Crippen molar-refractivity contribution in [2.75, 3.05) is 19.6 Å². The summed E-state index contributed by atoms with van der Waals surface area (Å²) >= 11 is 0. The first-order chi connectivity index (χ1) is 60.0. The Kier molecular flexibility index (Phi) is 23.7. The fraction of sp³-hybridized carbons (Fsp3) is 0.168. The number of aryl methyl sites for hydroxylation is 10. The number of rotatable bonds is 11. The lowest BCUT2D eigenvalue weighted by Crippen LogP contribution is -2.40. The van der Waals surface area contributed by atoms with Crippen molar-refractivity contribution < 1.29 is 22.5 Å². The highest BCUT2D eigenvalue weighted by molar-refractivity contribution is 5.84. The number of pyridine rings is 4. The van der Waals surface area contributed by atoms with E-state index in [4.69, 9.17) is 0 Å². The number of anilines is 4. The molecule has 3 atom stereocenters. The van der Waals surface area contributed by atoms with Gasteiger partial charge in [0.15, 0.2) is 18.1 Å². The van der Waals surface area contributed by atoms with Gasteiger partial charge in [0, 0.05) is 28.3 Å². The molecule has 10 nitrogen and oxygen atoms in total. The third-order valence-electron chi connectivity index (χ3n) is 24.3. The zero-order chi connectivity index (χ0) is 84.8. The number of nitrogens with zero attached hydrogens (tertiary/aromatic N) is 10. The number of hydrogen-bond acceptors (Lipinski definition) is 5. The average Bonchev–Trinajstić information content (AvgIpc) is 1.61. The van der Waals surface area contributed by atoms with Crippen LogP contribution in [-0.4, -0.2) is 15.8 Å². The predicted molar refractivity (Wildman–Crippen MR) is 502 cm³/mol. The minimum atomic E-state index is 0.139. The normalized spacial score (nSPS) is 16.1. The van der Waals surface area contributed by atoms with E-state index in [2.05, 4.69) is 521 Å². The minimum absolute atomic E-state index is 0.139. The van der Waals surface area contributed by atoms with E-state index < -0.39 is 0 Å². The van der Waals surface area contributed by atoms with Crippen LogP contribution in [0.4, 0.5) is 22.7 Å². The first kappa shape index (κ1) is 81.2. The molecular formula is C113H110N10. The van der Waals surface area contributed by atoms with Gasteiger partial charge in [0.2, 0.25) is 6.34 Å². The molecule has 0 radical (unpaired) electrons. The van der Waals surface area contributed by atoms with Crippen LogP contribution in [0.25, 0.3) is 11.3 Å². The van der Waals surface area contributed by atoms with E-state index >= 15 is 0 Å². The summed E-state index contributed by atoms with van der Waals surface area (Å²) in [5, 5.41) is 1.22. The predicted octanol–water partition coefficient (Wildman–Crippen LogP) is 22.0. The molecule has 4 aromatic heterocycles. The van der Waals surface area contributed by atoms with Gasteiger partial charge in [-0.1, -0.05) is 327 Å². The fourth-order valence-electron chi connectivity index (χ4n) is 19.0. The van der Waals surface area contributed by atoms with Crippen molar-refractivity contribution in [2.45, 2.75) is 127 Å². The maximum Gasteiger partial charge on any atom is 0.245 e. The largest absolute Gasteiger partial charge is 0.348 e. The Hall–Kier alpha value is -14.2. The van der Waals surface area contributed by atoms with E-state index in [0.717, 1.165) is 19.6 Å². The molecule has 0 saturated heterocycles. The van der Waals surface area contributed by atoms with Crippen LogP contribution in [0.2, 0.25) is 0 Å². The summed E-state index contributed by atoms with van der Waals surface area (Å²) in [5.74, 6) is 0.530. The molecule has 10 heteroatoms. The molecule has 10 aromatic carbocycles. The monoisotopic (exact) mass is 1610 g/mol. The van der Waals surface area contributed by atoms with Crippen LogP contribution < -0.4 is 42.9 Å². The lowest BCUT2D eigenvalue weighted by molar-refractivity contribution is -0.636. The summed E-state index contributed by atoms with van der Waals surface area (Å²) in [6.45, 7) is 35.7. The SMILES string of the molecule is C1=CC(=c2cccc3[n+]2=CN(Cc2ccccc2)C3c2ccccc2)c2ccccc2[CH-]1.CC(C)c1ccc(N2C=[N+]3C(c4ccccc4)=CC=C[C-]3C2c2ccccc2)cc1.Cc1cc(C)c(N2[CH-][n+]3c(C)cccc3C2)c(C)c1.Cc1cc(C)c(N2[CH-][n+]3ccccc3C2)c(C)c1.Cc1cc(C)c(N2[CH-][n+]3ccccc3C2c2ccccc2)c(C)c1. The van der Waals surface area contributed by atoms with Crippen LogP contribution >= 0.6 is 0 Å². The van der Waals surface area contributed by atoms with Gasteiger partial charge in [-0.2, -0.15) is 4.24 Å². The molecule has 123 heavy (non-hydrogen) atoms. The molecule has 0 N–H and O–H groups in total. The highest BCUT2D eigenvalue weighted by atomic mass is 15.3. The average molecular weight is 1610 g/mol. The first-order valence-corrected chi connectivity index (χ1v) is 43.2. The Balaban J connectivity index is 0.000000111. The highest BCUT2D eigenvalue weighted by Gasteiger charge is 2.41. The van der Waals surface area contributed by atoms with Gasteiger partial charge >= 0.3 is 0 Å². The maximum absolute atomic E-state index is 2.45. The van der Waals surface area contributed by atoms with E-state index in [9.17, 15) is 0 Å². The molecule has 0 spiro atoms. The molecule has 14 aromatic rings. The molecule has 6 aliphatic heterocycles. The van der Waals surface area contributed by atoms with Crippen LogP contribution in [0.1, 0.15) is 161 Å². The number of fused-ring (bicyclic) bond motifs is 6. The van der Waals surface area contributed by atoms with Crippen molar-refractivity contribution in [3.8, 4) is 0 Å². The van der Waals surface area contributed by atoms with Crippen molar-refractivity contribution in [2.24, 2.45) is 0 Å². The quantitative estimate of drug-likeness (QED) is 0.0953. The topological polar surface area (TPSA) is 36.8 Å². The van der Waals surface area contributed by atoms with Crippen LogP contribution in [0.5, 0.6) is 0 Å². The smallest absolute Gasteiger partial charge is 0.245 e. The Morgan fingerprint density at radius 1 is 0.447 bits per heavy atom. The fourth-order valence-corrected chi connectivity index (χ4v) is 19.0. The minimum Gasteiger partial charge on any atom is -0.348 e. The number of aromatic nitrogens is 4. The second-order valence-corrected chi connectivity index (χ2v) is 33.7. The summed E-state index contributed by atoms with van der Waals surface area (Å²) in [5.41, 5.74) is 36.5. The van der Waals surface area contributed by atoms with E-state index in [1.165, 1.54) is 168 Å². The standard InChI is InChI=1S/C30H24N2.C28H26N2.C22H22N2.C17H20N2.C16H18N2/c1-3-11-23(12-4-1)21-31-22-32-28(27-18-9-16-24-13-7-8-17-26(24)27)19-10-20-29(32)30(31)25-14-5-2-6-15-25;1-21(2)22-16-18-25(19-17-22)29-20-30-26(23-10-5-3-6-11-23)14-9-15-27(30)28(29)24-12-7-4-8-13-24;1-16-13-17(2)21(18(3)14-16)24-15-23-12-8-7-11-20(23)22(24)19-9-5-4-6-10-19;1-12-8-13(2)17(14(3)9-12)18-10-16-7-5-6-15(4)19(16)11-18;1-12-8-13(2)16(14(3)9-12)18-10-15-6-4-5-7-17(15)11-18/h1-20,22,30H,21H2;3-21,28H,1-2H3;4-15,22H,1-3H3;5-9,11H,10H2,1-4H3;4-9,11H,10H2,1-3H3. The molecule has 0 fully saturated rings. The number of hydrogen-bond donors (Lipinski definition) is 0. The van der Waals surface area contributed by atoms with E-state index in [1.807, 2.05) is 0 Å². The second kappa shape index (κ2) is 36.0. The van der Waals surface area contributed by atoms with Gasteiger partial charge in [0.05, 0.1) is 43.3 Å². The molecule has 3 unspecified atom stereocenters. The van der Waals surface area contributed by atoms with Crippen molar-refractivity contribution in [3.63, 3.8) is 0 Å². The van der Waals surface area contributed by atoms with Gasteiger partial charge in [0.25, 0.3) is 0 Å². The molecule has 612 valence electrons. The molecule has 0 saturated carbocycles. The Morgan fingerprint density at radius 3 is 1.59 bits per heavy atom. The highest BCUT2D eigenvalue weighted by Crippen LogP contribution is 2.45. The van der Waals surface area contributed by atoms with Crippen LogP contribution in [0.15, 0.2) is 352 Å². The molecule has 0 bridgehead atoms. The van der Waals surface area contributed by atoms with Gasteiger partial charge < -0.3 is 33.0 Å². The molecule has 7 aliphatic rings. The van der Waals surface area contributed by atoms with E-state index in [-0.39, 0.29) is 18.1 Å². The molecule has 0 amide bonds. The lowest BCUT2D eigenvalue weighted by atomic mass is 9.92. The second-order valence-electron chi connectivity index (χ2n) is 33.7. The number of benzene rings is 10. The molecule has 1 aliphatic carbocycles. The molecule has 10 heterocycles. The van der Waals surface area contributed by atoms with Gasteiger partial charge in [-0.25, -0.2) is 4.90 Å².